The molecule has 1 amide bonds. The Morgan fingerprint density at radius 3 is 2.76 bits per heavy atom. The molecule has 0 spiro atoms. The van der Waals surface area contributed by atoms with Gasteiger partial charge in [0.1, 0.15) is 18.5 Å². The summed E-state index contributed by atoms with van der Waals surface area (Å²) in [5, 5.41) is 0. The Kier molecular flexibility index (Phi) is 6.01. The third kappa shape index (κ3) is 4.57. The molecule has 6 heteroatoms. The van der Waals surface area contributed by atoms with Crippen molar-refractivity contribution in [3.8, 4) is 22.6 Å². The van der Waals surface area contributed by atoms with E-state index in [1.54, 1.807) is 17.0 Å². The molecule has 0 radical (unpaired) electrons. The number of benzene rings is 3. The van der Waals surface area contributed by atoms with Crippen molar-refractivity contribution in [1.82, 2.24) is 4.90 Å². The lowest BCUT2D eigenvalue weighted by atomic mass is 9.97. The van der Waals surface area contributed by atoms with Crippen molar-refractivity contribution in [2.45, 2.75) is 26.0 Å². The van der Waals surface area contributed by atoms with Gasteiger partial charge in [0.15, 0.2) is 11.5 Å². The number of carbonyl (C=O) groups excluding carboxylic acids is 1. The van der Waals surface area contributed by atoms with Crippen LogP contribution in [0, 0.1) is 12.7 Å². The maximum absolute atomic E-state index is 13.7. The van der Waals surface area contributed by atoms with Gasteiger partial charge in [-0.3, -0.25) is 4.79 Å². The molecule has 170 valence electrons. The fraction of sp³-hybridized carbons (Fsp3) is 0.296. The molecule has 5 rings (SSSR count). The number of ether oxygens (including phenoxy) is 3. The van der Waals surface area contributed by atoms with Gasteiger partial charge in [0, 0.05) is 24.1 Å². The highest BCUT2D eigenvalue weighted by Crippen LogP contribution is 2.40. The van der Waals surface area contributed by atoms with Crippen LogP contribution < -0.4 is 9.47 Å². The van der Waals surface area contributed by atoms with E-state index < -0.39 is 5.82 Å². The number of carbonyl (C=O) groups is 1. The Morgan fingerprint density at radius 1 is 1.09 bits per heavy atom. The number of aryl methyl sites for hydroxylation is 1. The van der Waals surface area contributed by atoms with E-state index in [9.17, 15) is 9.18 Å². The Morgan fingerprint density at radius 2 is 1.97 bits per heavy atom. The molecule has 3 aromatic rings. The van der Waals surface area contributed by atoms with Crippen LogP contribution in [-0.2, 0) is 11.3 Å². The average molecular weight is 448 g/mol. The smallest absolute Gasteiger partial charge is 0.254 e. The molecular formula is C27H26FNO4. The molecule has 2 aliphatic heterocycles. The summed E-state index contributed by atoms with van der Waals surface area (Å²) < 4.78 is 31.6. The van der Waals surface area contributed by atoms with Crippen molar-refractivity contribution >= 4 is 5.91 Å². The molecule has 5 nitrogen and oxygen atoms in total. The summed E-state index contributed by atoms with van der Waals surface area (Å²) in [6.45, 7) is 4.38. The Balaban J connectivity index is 1.54. The predicted molar refractivity (Wildman–Crippen MR) is 123 cm³/mol. The quantitative estimate of drug-likeness (QED) is 0.565. The monoisotopic (exact) mass is 447 g/mol. The Hall–Kier alpha value is -3.38. The molecule has 0 aromatic heterocycles. The SMILES string of the molecule is Cc1ccccc1-c1cc2c(c(OC3CCOC3)c1)OCCN(C(=O)c1cccc(F)c1)C2. The summed E-state index contributed by atoms with van der Waals surface area (Å²) in [7, 11) is 0. The molecule has 33 heavy (non-hydrogen) atoms. The highest BCUT2D eigenvalue weighted by Gasteiger charge is 2.27. The van der Waals surface area contributed by atoms with Crippen molar-refractivity contribution in [3.05, 3.63) is 83.2 Å². The molecule has 1 unspecified atom stereocenters. The fourth-order valence-corrected chi connectivity index (χ4v) is 4.39. The van der Waals surface area contributed by atoms with Crippen molar-refractivity contribution in [2.75, 3.05) is 26.4 Å². The lowest BCUT2D eigenvalue weighted by molar-refractivity contribution is 0.0732. The largest absolute Gasteiger partial charge is 0.487 e. The Bertz CT molecular complexity index is 1170. The molecule has 1 saturated heterocycles. The molecule has 1 atom stereocenters. The summed E-state index contributed by atoms with van der Waals surface area (Å²) in [6.07, 6.45) is 0.797. The molecule has 0 aliphatic carbocycles. The van der Waals surface area contributed by atoms with Crippen LogP contribution in [0.25, 0.3) is 11.1 Å². The first-order valence-electron chi connectivity index (χ1n) is 11.2. The van der Waals surface area contributed by atoms with Gasteiger partial charge in [-0.2, -0.15) is 0 Å². The summed E-state index contributed by atoms with van der Waals surface area (Å²) in [5.41, 5.74) is 4.44. The minimum Gasteiger partial charge on any atom is -0.487 e. The molecule has 0 bridgehead atoms. The molecule has 0 N–H and O–H groups in total. The van der Waals surface area contributed by atoms with Crippen LogP contribution in [0.3, 0.4) is 0 Å². The second-order valence-electron chi connectivity index (χ2n) is 8.47. The zero-order chi connectivity index (χ0) is 22.8. The number of fused-ring (bicyclic) bond motifs is 1. The third-order valence-corrected chi connectivity index (χ3v) is 6.10. The predicted octanol–water partition coefficient (Wildman–Crippen LogP) is 5.00. The maximum atomic E-state index is 13.7. The third-order valence-electron chi connectivity index (χ3n) is 6.10. The van der Waals surface area contributed by atoms with Crippen LogP contribution in [0.5, 0.6) is 11.5 Å². The molecule has 0 saturated carbocycles. The number of halogens is 1. The van der Waals surface area contributed by atoms with Crippen molar-refractivity contribution in [1.29, 1.82) is 0 Å². The second kappa shape index (κ2) is 9.24. The normalized spacial score (nSPS) is 17.8. The number of hydrogen-bond donors (Lipinski definition) is 0. The van der Waals surface area contributed by atoms with E-state index in [2.05, 4.69) is 25.1 Å². The van der Waals surface area contributed by atoms with E-state index in [0.29, 0.717) is 50.0 Å². The van der Waals surface area contributed by atoms with Gasteiger partial charge in [-0.05, 0) is 53.9 Å². The van der Waals surface area contributed by atoms with Gasteiger partial charge in [0.2, 0.25) is 0 Å². The van der Waals surface area contributed by atoms with Crippen LogP contribution in [0.4, 0.5) is 4.39 Å². The van der Waals surface area contributed by atoms with E-state index in [-0.39, 0.29) is 12.0 Å². The minimum absolute atomic E-state index is 0.0295. The van der Waals surface area contributed by atoms with E-state index in [4.69, 9.17) is 14.2 Å². The number of hydrogen-bond acceptors (Lipinski definition) is 4. The van der Waals surface area contributed by atoms with Crippen molar-refractivity contribution in [2.24, 2.45) is 0 Å². The van der Waals surface area contributed by atoms with Crippen LogP contribution in [0.1, 0.15) is 27.9 Å². The second-order valence-corrected chi connectivity index (χ2v) is 8.47. The lowest BCUT2D eigenvalue weighted by Crippen LogP contribution is -2.32. The molecular weight excluding hydrogens is 421 g/mol. The highest BCUT2D eigenvalue weighted by atomic mass is 19.1. The van der Waals surface area contributed by atoms with Crippen LogP contribution >= 0.6 is 0 Å². The fourth-order valence-electron chi connectivity index (χ4n) is 4.39. The lowest BCUT2D eigenvalue weighted by Gasteiger charge is -2.21. The van der Waals surface area contributed by atoms with Gasteiger partial charge in [-0.1, -0.05) is 30.3 Å². The minimum atomic E-state index is -0.427. The van der Waals surface area contributed by atoms with Gasteiger partial charge < -0.3 is 19.1 Å². The number of rotatable bonds is 4. The maximum Gasteiger partial charge on any atom is 0.254 e. The topological polar surface area (TPSA) is 48.0 Å². The van der Waals surface area contributed by atoms with Crippen LogP contribution in [-0.4, -0.2) is 43.3 Å². The average Bonchev–Trinajstić information content (AvgIpc) is 3.23. The van der Waals surface area contributed by atoms with E-state index >= 15 is 0 Å². The van der Waals surface area contributed by atoms with Gasteiger partial charge in [0.25, 0.3) is 5.91 Å². The van der Waals surface area contributed by atoms with Gasteiger partial charge in [-0.15, -0.1) is 0 Å². The molecule has 3 aromatic carbocycles. The molecule has 1 fully saturated rings. The first kappa shape index (κ1) is 21.5. The number of amides is 1. The van der Waals surface area contributed by atoms with Gasteiger partial charge in [0.05, 0.1) is 19.8 Å². The summed E-state index contributed by atoms with van der Waals surface area (Å²) in [6, 6.07) is 18.0. The van der Waals surface area contributed by atoms with E-state index in [1.165, 1.54) is 12.1 Å². The first-order chi connectivity index (χ1) is 16.1. The molecule has 2 heterocycles. The zero-order valence-electron chi connectivity index (χ0n) is 18.6. The summed E-state index contributed by atoms with van der Waals surface area (Å²) in [5.74, 6) is 0.678. The summed E-state index contributed by atoms with van der Waals surface area (Å²) in [4.78, 5) is 14.8. The zero-order valence-corrected chi connectivity index (χ0v) is 18.6. The number of nitrogens with zero attached hydrogens (tertiary/aromatic N) is 1. The van der Waals surface area contributed by atoms with Gasteiger partial charge in [-0.25, -0.2) is 4.39 Å². The molecule has 2 aliphatic rings. The van der Waals surface area contributed by atoms with Crippen LogP contribution in [0.15, 0.2) is 60.7 Å². The van der Waals surface area contributed by atoms with Crippen molar-refractivity contribution in [3.63, 3.8) is 0 Å². The van der Waals surface area contributed by atoms with Crippen LogP contribution in [0.2, 0.25) is 0 Å². The standard InChI is InChI=1S/C27H26FNO4/c1-18-5-2-3-8-24(18)20-13-21-16-29(27(30)19-6-4-7-22(28)14-19)10-12-32-26(21)25(15-20)33-23-9-11-31-17-23/h2-8,13-15,23H,9-12,16-17H2,1H3. The van der Waals surface area contributed by atoms with E-state index in [1.807, 2.05) is 18.2 Å². The van der Waals surface area contributed by atoms with Gasteiger partial charge >= 0.3 is 0 Å². The Labute approximate surface area is 192 Å². The van der Waals surface area contributed by atoms with Crippen molar-refractivity contribution < 1.29 is 23.4 Å². The highest BCUT2D eigenvalue weighted by molar-refractivity contribution is 5.94. The van der Waals surface area contributed by atoms with E-state index in [0.717, 1.165) is 28.7 Å². The first-order valence-corrected chi connectivity index (χ1v) is 11.2. The summed E-state index contributed by atoms with van der Waals surface area (Å²) >= 11 is 0.